The van der Waals surface area contributed by atoms with E-state index < -0.39 is 35.8 Å². The summed E-state index contributed by atoms with van der Waals surface area (Å²) >= 11 is 8.23. The van der Waals surface area contributed by atoms with Gasteiger partial charge in [-0.25, -0.2) is 17.6 Å². The number of alkyl halides is 10. The third kappa shape index (κ3) is 3.99. The summed E-state index contributed by atoms with van der Waals surface area (Å²) in [6, 6.07) is 0. The Labute approximate surface area is 99.6 Å². The van der Waals surface area contributed by atoms with Crippen molar-refractivity contribution in [3.63, 3.8) is 0 Å². The van der Waals surface area contributed by atoms with Crippen LogP contribution >= 0.6 is 23.2 Å². The predicted molar refractivity (Wildman–Crippen MR) is 42.3 cm³/mol. The van der Waals surface area contributed by atoms with Crippen molar-refractivity contribution in [3.05, 3.63) is 0 Å². The molecule has 0 aromatic carbocycles. The molecule has 0 aromatic rings. The van der Waals surface area contributed by atoms with E-state index >= 15 is 0 Å². The number of halogens is 10. The third-order valence-corrected chi connectivity index (χ3v) is 2.02. The molecular weight excluding hydrogens is 311 g/mol. The van der Waals surface area contributed by atoms with E-state index in [9.17, 15) is 35.1 Å². The summed E-state index contributed by atoms with van der Waals surface area (Å²) in [5.41, 5.74) is 0. The van der Waals surface area contributed by atoms with Gasteiger partial charge >= 0.3 is 11.3 Å². The molecule has 104 valence electrons. The van der Waals surface area contributed by atoms with Crippen LogP contribution in [0.1, 0.15) is 0 Å². The fourth-order valence-corrected chi connectivity index (χ4v) is 0.935. The minimum Gasteiger partial charge on any atom is -0.339 e. The molecule has 0 amide bonds. The Hall–Kier alpha value is -0.0200. The summed E-state index contributed by atoms with van der Waals surface area (Å²) in [6.07, 6.45) is -7.21. The first kappa shape index (κ1) is 17.0. The van der Waals surface area contributed by atoms with Gasteiger partial charge in [0.2, 0.25) is 0 Å². The molecule has 2 unspecified atom stereocenters. The molecule has 0 fully saturated rings. The van der Waals surface area contributed by atoms with Crippen LogP contribution in [0.2, 0.25) is 0 Å². The van der Waals surface area contributed by atoms with Crippen molar-refractivity contribution < 1.29 is 39.9 Å². The van der Waals surface area contributed by atoms with Crippen LogP contribution in [0.25, 0.3) is 0 Å². The molecule has 0 aliphatic rings. The molecule has 0 radical (unpaired) electrons. The van der Waals surface area contributed by atoms with Crippen LogP contribution < -0.4 is 0 Å². The second-order valence-electron chi connectivity index (χ2n) is 2.77. The lowest BCUT2D eigenvalue weighted by atomic mass is 10.2. The van der Waals surface area contributed by atoms with Crippen LogP contribution in [0.3, 0.4) is 0 Å². The number of hydrogen-bond acceptors (Lipinski definition) is 1. The van der Waals surface area contributed by atoms with E-state index in [0.29, 0.717) is 0 Å². The lowest BCUT2D eigenvalue weighted by Gasteiger charge is -2.30. The van der Waals surface area contributed by atoms with Gasteiger partial charge in [0.15, 0.2) is 0 Å². The highest BCUT2D eigenvalue weighted by Gasteiger charge is 2.69. The summed E-state index contributed by atoms with van der Waals surface area (Å²) in [5.74, 6) is -5.65. The van der Waals surface area contributed by atoms with Gasteiger partial charge in [0, 0.05) is 0 Å². The van der Waals surface area contributed by atoms with Gasteiger partial charge in [0.1, 0.15) is 6.61 Å². The third-order valence-electron chi connectivity index (χ3n) is 1.44. The molecular formula is C6H4Cl2F8O. The van der Waals surface area contributed by atoms with Crippen molar-refractivity contribution in [3.8, 4) is 0 Å². The van der Waals surface area contributed by atoms with Gasteiger partial charge in [0.05, 0.1) is 0 Å². The molecule has 0 rings (SSSR count). The lowest BCUT2D eigenvalue weighted by molar-refractivity contribution is -0.235. The first-order chi connectivity index (χ1) is 7.33. The normalized spacial score (nSPS) is 19.2. The predicted octanol–water partition coefficient (Wildman–Crippen LogP) is 3.94. The van der Waals surface area contributed by atoms with Crippen LogP contribution in [0, 0.1) is 0 Å². The Balaban J connectivity index is 4.69. The Morgan fingerprint density at radius 1 is 0.941 bits per heavy atom. The van der Waals surface area contributed by atoms with Crippen LogP contribution in [0.15, 0.2) is 0 Å². The molecule has 0 heterocycles. The summed E-state index contributed by atoms with van der Waals surface area (Å²) < 4.78 is 101. The molecule has 1 nitrogen and oxygen atoms in total. The van der Waals surface area contributed by atoms with Gasteiger partial charge in [-0.3, -0.25) is 0 Å². The average molecular weight is 315 g/mol. The van der Waals surface area contributed by atoms with E-state index in [1.807, 2.05) is 0 Å². The van der Waals surface area contributed by atoms with Crippen molar-refractivity contribution in [1.82, 2.24) is 0 Å². The topological polar surface area (TPSA) is 9.23 Å². The fraction of sp³-hybridized carbons (Fsp3) is 1.00. The van der Waals surface area contributed by atoms with Crippen molar-refractivity contribution in [2.75, 3.05) is 6.61 Å². The van der Waals surface area contributed by atoms with Crippen LogP contribution in [-0.2, 0) is 4.74 Å². The largest absolute Gasteiger partial charge is 0.388 e. The van der Waals surface area contributed by atoms with E-state index in [1.54, 1.807) is 0 Å². The minimum atomic E-state index is -5.65. The maximum Gasteiger partial charge on any atom is 0.388 e. The van der Waals surface area contributed by atoms with Gasteiger partial charge in [0.25, 0.3) is 17.9 Å². The van der Waals surface area contributed by atoms with Crippen LogP contribution in [0.4, 0.5) is 35.1 Å². The summed E-state index contributed by atoms with van der Waals surface area (Å²) in [6.45, 7) is -2.24. The smallest absolute Gasteiger partial charge is 0.339 e. The molecule has 17 heavy (non-hydrogen) atoms. The molecule has 0 aromatic heterocycles. The second kappa shape index (κ2) is 5.31. The Morgan fingerprint density at radius 3 is 1.65 bits per heavy atom. The Bertz CT molecular complexity index is 253. The number of rotatable bonds is 6. The Morgan fingerprint density at radius 2 is 1.35 bits per heavy atom. The standard InChI is InChI=1S/C6H4Cl2F8O/c7-4(12,1-17-3(11)2(9)10)5(13,14)6(8,15)16/h2-3H,1H2. The zero-order valence-electron chi connectivity index (χ0n) is 7.55. The zero-order chi connectivity index (χ0) is 14.1. The molecule has 2 atom stereocenters. The van der Waals surface area contributed by atoms with Gasteiger partial charge < -0.3 is 4.74 Å². The zero-order valence-corrected chi connectivity index (χ0v) is 9.06. The molecule has 0 aliphatic heterocycles. The van der Waals surface area contributed by atoms with Crippen molar-refractivity contribution in [2.24, 2.45) is 0 Å². The summed E-state index contributed by atoms with van der Waals surface area (Å²) in [7, 11) is 0. The highest BCUT2D eigenvalue weighted by molar-refractivity contribution is 6.26. The molecule has 0 spiro atoms. The van der Waals surface area contributed by atoms with Crippen molar-refractivity contribution in [2.45, 2.75) is 29.2 Å². The van der Waals surface area contributed by atoms with Crippen LogP contribution in [0.5, 0.6) is 0 Å². The summed E-state index contributed by atoms with van der Waals surface area (Å²) in [5, 5.41) is -10.0. The van der Waals surface area contributed by atoms with E-state index in [-0.39, 0.29) is 0 Å². The van der Waals surface area contributed by atoms with Gasteiger partial charge in [-0.2, -0.15) is 17.6 Å². The van der Waals surface area contributed by atoms with Gasteiger partial charge in [-0.1, -0.05) is 11.6 Å². The first-order valence-electron chi connectivity index (χ1n) is 3.69. The quantitative estimate of drug-likeness (QED) is 0.533. The highest BCUT2D eigenvalue weighted by atomic mass is 35.5. The molecule has 0 aliphatic carbocycles. The fourth-order valence-electron chi connectivity index (χ4n) is 0.555. The molecule has 0 N–H and O–H groups in total. The molecule has 11 heteroatoms. The van der Waals surface area contributed by atoms with E-state index in [2.05, 4.69) is 27.9 Å². The van der Waals surface area contributed by atoms with E-state index in [1.165, 1.54) is 0 Å². The summed E-state index contributed by atoms with van der Waals surface area (Å²) in [4.78, 5) is 0. The van der Waals surface area contributed by atoms with Crippen molar-refractivity contribution >= 4 is 23.2 Å². The number of hydrogen-bond donors (Lipinski definition) is 0. The molecule has 0 saturated carbocycles. The SMILES string of the molecule is FC(F)C(F)OCC(F)(Cl)C(F)(F)C(F)(F)Cl. The average Bonchev–Trinajstić information content (AvgIpc) is 2.11. The van der Waals surface area contributed by atoms with Crippen LogP contribution in [-0.4, -0.2) is 35.8 Å². The monoisotopic (exact) mass is 314 g/mol. The second-order valence-corrected chi connectivity index (χ2v) is 3.85. The van der Waals surface area contributed by atoms with Gasteiger partial charge in [-0.15, -0.1) is 0 Å². The minimum absolute atomic E-state index is 2.24. The van der Waals surface area contributed by atoms with Gasteiger partial charge in [-0.05, 0) is 11.6 Å². The maximum absolute atomic E-state index is 12.9. The van der Waals surface area contributed by atoms with E-state index in [0.717, 1.165) is 0 Å². The first-order valence-corrected chi connectivity index (χ1v) is 4.44. The van der Waals surface area contributed by atoms with Crippen molar-refractivity contribution in [1.29, 1.82) is 0 Å². The lowest BCUT2D eigenvalue weighted by Crippen LogP contribution is -2.53. The molecule has 0 bridgehead atoms. The highest BCUT2D eigenvalue weighted by Crippen LogP contribution is 2.49. The number of ether oxygens (including phenoxy) is 1. The maximum atomic E-state index is 12.9. The van der Waals surface area contributed by atoms with E-state index in [4.69, 9.17) is 0 Å². The Kier molecular flexibility index (Phi) is 5.31. The molecule has 0 saturated heterocycles.